The summed E-state index contributed by atoms with van der Waals surface area (Å²) in [7, 11) is 1.88. The first-order valence-corrected chi connectivity index (χ1v) is 11.0. The van der Waals surface area contributed by atoms with Crippen molar-refractivity contribution >= 4 is 40.4 Å². The summed E-state index contributed by atoms with van der Waals surface area (Å²) in [6.07, 6.45) is 0. The molecule has 0 saturated carbocycles. The van der Waals surface area contributed by atoms with Gasteiger partial charge in [0.1, 0.15) is 5.69 Å². The second kappa shape index (κ2) is 9.70. The predicted molar refractivity (Wildman–Crippen MR) is 125 cm³/mol. The van der Waals surface area contributed by atoms with Gasteiger partial charge in [0.2, 0.25) is 0 Å². The zero-order chi connectivity index (χ0) is 21.8. The lowest BCUT2D eigenvalue weighted by atomic mass is 9.82. The predicted octanol–water partition coefficient (Wildman–Crippen LogP) is 6.34. The number of nitrogens with two attached hydrogens (primary N) is 1. The molecule has 1 amide bonds. The van der Waals surface area contributed by atoms with E-state index in [4.69, 9.17) is 16.7 Å². The summed E-state index contributed by atoms with van der Waals surface area (Å²) in [6.45, 7) is 10.3. The highest BCUT2D eigenvalue weighted by molar-refractivity contribution is 7.97. The SMILES string of the molecule is CC.Cn1c(C(=O)NC(c2ccc(SN)cc2)C(C)(C)C)cc2ccc(Cl)cc21. The summed E-state index contributed by atoms with van der Waals surface area (Å²) in [4.78, 5) is 14.1. The van der Waals surface area contributed by atoms with Crippen molar-refractivity contribution in [2.75, 3.05) is 0 Å². The summed E-state index contributed by atoms with van der Waals surface area (Å²) in [5.74, 6) is -0.109. The Hall–Kier alpha value is -1.95. The van der Waals surface area contributed by atoms with Gasteiger partial charge in [-0.15, -0.1) is 0 Å². The Bertz CT molecular complexity index is 974. The van der Waals surface area contributed by atoms with Crippen LogP contribution < -0.4 is 10.5 Å². The lowest BCUT2D eigenvalue weighted by Gasteiger charge is -2.32. The van der Waals surface area contributed by atoms with Crippen LogP contribution >= 0.6 is 23.5 Å². The molecule has 0 aliphatic heterocycles. The van der Waals surface area contributed by atoms with Crippen molar-refractivity contribution < 1.29 is 4.79 Å². The number of aryl methyl sites for hydroxylation is 1. The normalized spacial score (nSPS) is 12.3. The third-order valence-corrected chi connectivity index (χ3v) is 5.51. The molecule has 4 nitrogen and oxygen atoms in total. The number of hydrogen-bond donors (Lipinski definition) is 2. The zero-order valence-electron chi connectivity index (χ0n) is 17.9. The van der Waals surface area contributed by atoms with Gasteiger partial charge in [-0.2, -0.15) is 0 Å². The average molecular weight is 432 g/mol. The molecule has 3 rings (SSSR count). The minimum atomic E-state index is -0.152. The molecule has 2 aromatic carbocycles. The van der Waals surface area contributed by atoms with Gasteiger partial charge in [0.05, 0.1) is 6.04 Å². The van der Waals surface area contributed by atoms with E-state index in [-0.39, 0.29) is 17.4 Å². The van der Waals surface area contributed by atoms with Crippen molar-refractivity contribution in [3.63, 3.8) is 0 Å². The highest BCUT2D eigenvalue weighted by Crippen LogP contribution is 2.34. The van der Waals surface area contributed by atoms with Crippen molar-refractivity contribution in [3.05, 3.63) is 64.8 Å². The molecule has 1 unspecified atom stereocenters. The topological polar surface area (TPSA) is 60.0 Å². The number of aromatic nitrogens is 1. The second-order valence-electron chi connectivity index (χ2n) is 7.75. The van der Waals surface area contributed by atoms with Gasteiger partial charge < -0.3 is 9.88 Å². The molecule has 0 fully saturated rings. The van der Waals surface area contributed by atoms with Gasteiger partial charge >= 0.3 is 0 Å². The van der Waals surface area contributed by atoms with Crippen LogP contribution in [-0.4, -0.2) is 10.5 Å². The first-order valence-electron chi connectivity index (χ1n) is 9.73. The van der Waals surface area contributed by atoms with Gasteiger partial charge in [0.25, 0.3) is 5.91 Å². The molecule has 3 aromatic rings. The van der Waals surface area contributed by atoms with Gasteiger partial charge in [-0.05, 0) is 53.3 Å². The molecule has 0 radical (unpaired) electrons. The number of nitrogens with one attached hydrogen (secondary N) is 1. The number of hydrogen-bond acceptors (Lipinski definition) is 3. The average Bonchev–Trinajstić information content (AvgIpc) is 3.03. The first kappa shape index (κ1) is 23.3. The summed E-state index contributed by atoms with van der Waals surface area (Å²) < 4.78 is 1.88. The molecule has 1 heterocycles. The van der Waals surface area contributed by atoms with Crippen LogP contribution in [0.2, 0.25) is 5.02 Å². The van der Waals surface area contributed by atoms with Crippen LogP contribution in [0, 0.1) is 5.41 Å². The Kier molecular flexibility index (Phi) is 7.80. The fourth-order valence-corrected chi connectivity index (χ4v) is 3.72. The quantitative estimate of drug-likeness (QED) is 0.473. The van der Waals surface area contributed by atoms with Gasteiger partial charge in [0.15, 0.2) is 0 Å². The minimum Gasteiger partial charge on any atom is -0.343 e. The Morgan fingerprint density at radius 2 is 1.72 bits per heavy atom. The van der Waals surface area contributed by atoms with Crippen LogP contribution in [0.1, 0.15) is 56.7 Å². The number of halogens is 1. The van der Waals surface area contributed by atoms with Crippen LogP contribution in [0.5, 0.6) is 0 Å². The molecular formula is C23H30ClN3OS. The first-order chi connectivity index (χ1) is 13.7. The number of benzene rings is 2. The van der Waals surface area contributed by atoms with E-state index in [1.807, 2.05) is 74.0 Å². The fourth-order valence-electron chi connectivity index (χ4n) is 3.26. The van der Waals surface area contributed by atoms with E-state index in [0.717, 1.165) is 21.4 Å². The monoisotopic (exact) mass is 431 g/mol. The van der Waals surface area contributed by atoms with Crippen LogP contribution in [0.4, 0.5) is 0 Å². The molecule has 0 aliphatic carbocycles. The van der Waals surface area contributed by atoms with Crippen LogP contribution in [0.15, 0.2) is 53.4 Å². The van der Waals surface area contributed by atoms with Gasteiger partial charge in [-0.3, -0.25) is 9.93 Å². The zero-order valence-corrected chi connectivity index (χ0v) is 19.5. The molecule has 6 heteroatoms. The Morgan fingerprint density at radius 3 is 2.28 bits per heavy atom. The standard InChI is InChI=1S/C21H24ClN3OS.C2H6/c1-21(2,3)19(13-6-9-16(27-23)10-7-13)24-20(26)18-11-14-5-8-15(22)12-17(14)25(18)4;1-2/h5-12,19H,23H2,1-4H3,(H,24,26);1-2H3. The number of fused-ring (bicyclic) bond motifs is 1. The van der Waals surface area contributed by atoms with Crippen molar-refractivity contribution in [1.82, 2.24) is 9.88 Å². The van der Waals surface area contributed by atoms with Gasteiger partial charge in [0, 0.05) is 27.9 Å². The van der Waals surface area contributed by atoms with E-state index in [2.05, 4.69) is 26.1 Å². The minimum absolute atomic E-state index is 0.109. The summed E-state index contributed by atoms with van der Waals surface area (Å²) in [6, 6.07) is 15.4. The van der Waals surface area contributed by atoms with Crippen LogP contribution in [0.3, 0.4) is 0 Å². The lowest BCUT2D eigenvalue weighted by molar-refractivity contribution is 0.0894. The summed E-state index contributed by atoms with van der Waals surface area (Å²) in [5, 5.41) is 10.5. The van der Waals surface area contributed by atoms with E-state index in [9.17, 15) is 4.79 Å². The molecule has 1 aromatic heterocycles. The van der Waals surface area contributed by atoms with E-state index < -0.39 is 0 Å². The maximum atomic E-state index is 13.1. The van der Waals surface area contributed by atoms with Crippen LogP contribution in [-0.2, 0) is 7.05 Å². The Labute approximate surface area is 182 Å². The molecule has 0 aliphatic rings. The Balaban J connectivity index is 0.00000145. The molecule has 156 valence electrons. The number of carbonyl (C=O) groups excluding carboxylic acids is 1. The number of nitrogens with zero attached hydrogens (tertiary/aromatic N) is 1. The van der Waals surface area contributed by atoms with Crippen molar-refractivity contribution in [2.24, 2.45) is 17.6 Å². The molecule has 3 N–H and O–H groups in total. The number of amides is 1. The van der Waals surface area contributed by atoms with E-state index in [1.165, 1.54) is 11.9 Å². The maximum absolute atomic E-state index is 13.1. The fraction of sp³-hybridized carbons (Fsp3) is 0.348. The van der Waals surface area contributed by atoms with Gasteiger partial charge in [-0.1, -0.05) is 64.4 Å². The van der Waals surface area contributed by atoms with Gasteiger partial charge in [-0.25, -0.2) is 0 Å². The Morgan fingerprint density at radius 1 is 1.10 bits per heavy atom. The molecule has 0 saturated heterocycles. The number of carbonyl (C=O) groups is 1. The third-order valence-electron chi connectivity index (χ3n) is 4.73. The van der Waals surface area contributed by atoms with Crippen molar-refractivity contribution in [3.8, 4) is 0 Å². The molecular weight excluding hydrogens is 402 g/mol. The summed E-state index contributed by atoms with van der Waals surface area (Å²) >= 11 is 7.32. The smallest absolute Gasteiger partial charge is 0.268 e. The van der Waals surface area contributed by atoms with Crippen LogP contribution in [0.25, 0.3) is 10.9 Å². The lowest BCUT2D eigenvalue weighted by Crippen LogP contribution is -2.37. The molecule has 29 heavy (non-hydrogen) atoms. The van der Waals surface area contributed by atoms with Crippen molar-refractivity contribution in [1.29, 1.82) is 0 Å². The molecule has 0 spiro atoms. The second-order valence-corrected chi connectivity index (χ2v) is 8.89. The summed E-state index contributed by atoms with van der Waals surface area (Å²) in [5.41, 5.74) is 2.44. The van der Waals surface area contributed by atoms with E-state index >= 15 is 0 Å². The highest BCUT2D eigenvalue weighted by atomic mass is 35.5. The largest absolute Gasteiger partial charge is 0.343 e. The molecule has 0 bridgehead atoms. The highest BCUT2D eigenvalue weighted by Gasteiger charge is 2.29. The maximum Gasteiger partial charge on any atom is 0.268 e. The molecule has 1 atom stereocenters. The van der Waals surface area contributed by atoms with E-state index in [0.29, 0.717) is 10.7 Å². The van der Waals surface area contributed by atoms with E-state index in [1.54, 1.807) is 0 Å². The van der Waals surface area contributed by atoms with Crippen molar-refractivity contribution in [2.45, 2.75) is 45.6 Å². The number of rotatable bonds is 4. The third kappa shape index (κ3) is 5.35.